The van der Waals surface area contributed by atoms with Gasteiger partial charge in [-0.05, 0) is 39.5 Å². The van der Waals surface area contributed by atoms with Gasteiger partial charge in [0.05, 0.1) is 19.4 Å². The van der Waals surface area contributed by atoms with Gasteiger partial charge in [-0.1, -0.05) is 6.58 Å². The summed E-state index contributed by atoms with van der Waals surface area (Å²) in [6, 6.07) is 1.12. The normalized spacial score (nSPS) is 20.2. The second-order valence-electron chi connectivity index (χ2n) is 9.89. The first-order valence-corrected chi connectivity index (χ1v) is 12.8. The molecule has 2 fully saturated rings. The number of hydrogen-bond donors (Lipinski definition) is 3. The molecule has 0 radical (unpaired) electrons. The van der Waals surface area contributed by atoms with Crippen LogP contribution < -0.4 is 16.4 Å². The number of ether oxygens (including phenoxy) is 1. The highest BCUT2D eigenvalue weighted by molar-refractivity contribution is 5.85. The molecule has 2 heterocycles. The molecule has 4 N–H and O–H groups in total. The van der Waals surface area contributed by atoms with Crippen molar-refractivity contribution >= 4 is 29.6 Å². The van der Waals surface area contributed by atoms with E-state index in [9.17, 15) is 18.0 Å². The average molecular weight is 534 g/mol. The predicted octanol–water partition coefficient (Wildman–Crippen LogP) is 4.10. The highest BCUT2D eigenvalue weighted by Gasteiger charge is 2.33. The molecule has 1 aromatic carbocycles. The van der Waals surface area contributed by atoms with Crippen molar-refractivity contribution in [3.05, 3.63) is 47.7 Å². The van der Waals surface area contributed by atoms with Crippen molar-refractivity contribution in [2.45, 2.75) is 51.6 Å². The van der Waals surface area contributed by atoms with Crippen LogP contribution in [0.25, 0.3) is 0 Å². The van der Waals surface area contributed by atoms with Crippen molar-refractivity contribution in [1.29, 1.82) is 0 Å². The summed E-state index contributed by atoms with van der Waals surface area (Å²) in [6.07, 6.45) is 3.93. The number of imidazole rings is 1. The molecule has 1 aromatic heterocycles. The number of carbonyl (C=O) groups is 1. The number of halogens is 3. The number of amides is 1. The molecule has 1 saturated carbocycles. The van der Waals surface area contributed by atoms with Gasteiger partial charge in [0.1, 0.15) is 28.8 Å². The van der Waals surface area contributed by atoms with Gasteiger partial charge in [-0.3, -0.25) is 9.36 Å². The molecule has 1 saturated heterocycles. The molecule has 9 nitrogen and oxygen atoms in total. The van der Waals surface area contributed by atoms with Crippen LogP contribution in [0.3, 0.4) is 0 Å². The lowest BCUT2D eigenvalue weighted by Gasteiger charge is -2.34. The van der Waals surface area contributed by atoms with Crippen molar-refractivity contribution in [3.63, 3.8) is 0 Å². The van der Waals surface area contributed by atoms with E-state index in [1.165, 1.54) is 6.21 Å². The van der Waals surface area contributed by atoms with E-state index >= 15 is 0 Å². The van der Waals surface area contributed by atoms with Gasteiger partial charge in [0.25, 0.3) is 0 Å². The van der Waals surface area contributed by atoms with E-state index in [4.69, 9.17) is 10.5 Å². The lowest BCUT2D eigenvalue weighted by atomic mass is 9.85. The second-order valence-corrected chi connectivity index (χ2v) is 9.89. The minimum Gasteiger partial charge on any atom is -0.383 e. The van der Waals surface area contributed by atoms with E-state index < -0.39 is 23.1 Å². The number of rotatable bonds is 8. The summed E-state index contributed by atoms with van der Waals surface area (Å²) in [5.41, 5.74) is 6.22. The summed E-state index contributed by atoms with van der Waals surface area (Å²) >= 11 is 0. The highest BCUT2D eigenvalue weighted by atomic mass is 19.1. The number of nitrogen functional groups attached to an aromatic ring is 1. The molecule has 1 aliphatic carbocycles. The molecule has 38 heavy (non-hydrogen) atoms. The maximum atomic E-state index is 14.5. The summed E-state index contributed by atoms with van der Waals surface area (Å²) in [5.74, 6) is -2.45. The molecule has 1 amide bonds. The van der Waals surface area contributed by atoms with Crippen LogP contribution in [0.15, 0.2) is 29.5 Å². The van der Waals surface area contributed by atoms with E-state index in [1.54, 1.807) is 4.57 Å². The van der Waals surface area contributed by atoms with Crippen LogP contribution in [-0.4, -0.2) is 58.9 Å². The zero-order valence-electron chi connectivity index (χ0n) is 21.6. The third kappa shape index (κ3) is 6.29. The Morgan fingerprint density at radius 3 is 2.42 bits per heavy atom. The molecule has 0 spiro atoms. The Kier molecular flexibility index (Phi) is 8.60. The van der Waals surface area contributed by atoms with Crippen molar-refractivity contribution in [2.24, 2.45) is 10.9 Å². The van der Waals surface area contributed by atoms with E-state index in [0.29, 0.717) is 69.9 Å². The van der Waals surface area contributed by atoms with Gasteiger partial charge in [0.2, 0.25) is 11.9 Å². The average Bonchev–Trinajstić information content (AvgIpc) is 3.19. The zero-order chi connectivity index (χ0) is 27.4. The zero-order valence-corrected chi connectivity index (χ0v) is 21.6. The highest BCUT2D eigenvalue weighted by Crippen LogP contribution is 2.38. The Morgan fingerprint density at radius 2 is 1.82 bits per heavy atom. The van der Waals surface area contributed by atoms with Crippen LogP contribution in [0.5, 0.6) is 0 Å². The van der Waals surface area contributed by atoms with Gasteiger partial charge in [-0.15, -0.1) is 0 Å². The lowest BCUT2D eigenvalue weighted by molar-refractivity contribution is -0.140. The van der Waals surface area contributed by atoms with E-state index in [1.807, 2.05) is 18.7 Å². The maximum absolute atomic E-state index is 14.5. The third-order valence-corrected chi connectivity index (χ3v) is 6.75. The van der Waals surface area contributed by atoms with Gasteiger partial charge < -0.3 is 26.0 Å². The smallest absolute Gasteiger partial charge is 0.225 e. The van der Waals surface area contributed by atoms with Crippen LogP contribution in [0, 0.1) is 23.4 Å². The molecule has 2 aromatic rings. The predicted molar refractivity (Wildman–Crippen MR) is 140 cm³/mol. The van der Waals surface area contributed by atoms with Crippen LogP contribution in [0.1, 0.15) is 51.3 Å². The van der Waals surface area contributed by atoms with Gasteiger partial charge >= 0.3 is 0 Å². The molecule has 2 aliphatic rings. The maximum Gasteiger partial charge on any atom is 0.225 e. The Balaban J connectivity index is 1.59. The first kappa shape index (κ1) is 27.5. The van der Waals surface area contributed by atoms with Gasteiger partial charge in [0, 0.05) is 43.2 Å². The minimum absolute atomic E-state index is 0.0961. The summed E-state index contributed by atoms with van der Waals surface area (Å²) in [4.78, 5) is 23.5. The van der Waals surface area contributed by atoms with Crippen molar-refractivity contribution in [2.75, 3.05) is 37.4 Å². The lowest BCUT2D eigenvalue weighted by Crippen LogP contribution is -2.44. The topological polar surface area (TPSA) is 110 Å². The molecular formula is C26H34F3N7O2. The van der Waals surface area contributed by atoms with Crippen molar-refractivity contribution < 1.29 is 22.7 Å². The van der Waals surface area contributed by atoms with Crippen LogP contribution in [0.2, 0.25) is 0 Å². The number of nitrogens with zero attached hydrogens (tertiary/aromatic N) is 4. The van der Waals surface area contributed by atoms with Crippen LogP contribution >= 0.6 is 0 Å². The van der Waals surface area contributed by atoms with Gasteiger partial charge in [0.15, 0.2) is 11.6 Å². The second kappa shape index (κ2) is 11.9. The first-order valence-electron chi connectivity index (χ1n) is 12.8. The number of anilines is 3. The monoisotopic (exact) mass is 533 g/mol. The standard InChI is InChI=1S/C26H34F3N7O2/c1-15(2)32-16(3)31-14-22-24(30)36(26(33-22)34-23-20(28)12-18(27)13-21(23)29)19-6-4-17(5-7-19)25(37)35-8-10-38-11-9-35/h12-15,17,19,32H,3-11,30H2,1-2H3,(H,33,34). The largest absolute Gasteiger partial charge is 0.383 e. The minimum atomic E-state index is -1.10. The fraction of sp³-hybridized carbons (Fsp3) is 0.500. The quantitative estimate of drug-likeness (QED) is 0.441. The number of nitrogens with one attached hydrogen (secondary N) is 2. The fourth-order valence-electron chi connectivity index (χ4n) is 4.92. The number of hydrogen-bond acceptors (Lipinski definition) is 7. The molecule has 0 atom stereocenters. The number of morpholine rings is 1. The van der Waals surface area contributed by atoms with Crippen molar-refractivity contribution in [3.8, 4) is 0 Å². The molecule has 0 bridgehead atoms. The SMILES string of the molecule is C=C(N=Cc1nc(Nc2c(F)cc(F)cc2F)n(C2CCC(C(=O)N3CCOCC3)CC2)c1N)NC(C)C. The summed E-state index contributed by atoms with van der Waals surface area (Å²) in [5, 5.41) is 5.72. The molecule has 12 heteroatoms. The number of carbonyl (C=O) groups excluding carboxylic acids is 1. The third-order valence-electron chi connectivity index (χ3n) is 6.75. The van der Waals surface area contributed by atoms with E-state index in [-0.39, 0.29) is 41.4 Å². The van der Waals surface area contributed by atoms with Gasteiger partial charge in [-0.25, -0.2) is 23.1 Å². The van der Waals surface area contributed by atoms with Crippen molar-refractivity contribution in [1.82, 2.24) is 19.8 Å². The van der Waals surface area contributed by atoms with Gasteiger partial charge in [-0.2, -0.15) is 0 Å². The number of benzene rings is 1. The summed E-state index contributed by atoms with van der Waals surface area (Å²) in [6.45, 7) is 10.00. The van der Waals surface area contributed by atoms with Crippen LogP contribution in [-0.2, 0) is 9.53 Å². The Bertz CT molecular complexity index is 1180. The Labute approximate surface area is 219 Å². The van der Waals surface area contributed by atoms with Crippen LogP contribution in [0.4, 0.5) is 30.6 Å². The van der Waals surface area contributed by atoms with E-state index in [0.717, 1.165) is 0 Å². The summed E-state index contributed by atoms with van der Waals surface area (Å²) < 4.78 is 49.4. The first-order chi connectivity index (χ1) is 18.1. The van der Waals surface area contributed by atoms with E-state index in [2.05, 4.69) is 27.2 Å². The summed E-state index contributed by atoms with van der Waals surface area (Å²) in [7, 11) is 0. The number of nitrogens with two attached hydrogens (primary N) is 1. The molecule has 4 rings (SSSR count). The molecule has 1 aliphatic heterocycles. The molecule has 0 unspecified atom stereocenters. The fourth-order valence-corrected chi connectivity index (χ4v) is 4.92. The Morgan fingerprint density at radius 1 is 1.18 bits per heavy atom. The number of aromatic nitrogens is 2. The Hall–Kier alpha value is -3.54. The molecule has 206 valence electrons. The number of aliphatic imine (C=N–C) groups is 1. The molecular weight excluding hydrogens is 499 g/mol.